The SMILES string of the molecule is CO[C@@H]1[C@@H](O)[C@H](O[C@H]2CC[C@@]3(C)C(=CC[C@H]4[C@@H]5C[C@@H](O[C@@H]6O[C@H](CO[C@@H]7O[C@H](CO[C@@H]8O[C@H](CO)[C@@H](O)[C@H](O)[C@H]8O)[C@@H](O)[C@H](O)[C@H]7O[C@@H]7O[C@H](CO)[C@@H](O)[C@H](O)[C@H]7O)[C@@H](O)[C@H](O)[C@H]6O)[C@H](C(C)=O)[C@@]5(C)CC[C@@H]43)C2)O[C@H](C)[C@H]1O[C@H]1C[C@H](OC)[C@H](O[C@H]2C[C@@H](OC)[C@H](OC(=O)C=C(C)C)[C@@H](C)O2)[C@@H](C)O1. The molecule has 0 amide bonds. The Balaban J connectivity index is 0.710. The van der Waals surface area contributed by atoms with Crippen LogP contribution in [0.4, 0.5) is 0 Å². The van der Waals surface area contributed by atoms with Crippen molar-refractivity contribution >= 4 is 11.8 Å². The number of ether oxygens (including phenoxy) is 18. The average molecular weight is 1510 g/mol. The molecule has 0 unspecified atom stereocenters. The smallest absolute Gasteiger partial charge is 0.331 e. The number of allylic oxidation sites excluding steroid dienone is 2. The first kappa shape index (κ1) is 83.3. The van der Waals surface area contributed by atoms with Gasteiger partial charge in [-0.15, -0.1) is 0 Å². The fourth-order valence-corrected chi connectivity index (χ4v) is 18.7. The Labute approximate surface area is 609 Å². The van der Waals surface area contributed by atoms with E-state index in [9.17, 15) is 81.1 Å². The van der Waals surface area contributed by atoms with Crippen molar-refractivity contribution in [3.63, 3.8) is 0 Å². The van der Waals surface area contributed by atoms with Gasteiger partial charge in [-0.2, -0.15) is 0 Å². The highest BCUT2D eigenvalue weighted by molar-refractivity contribution is 5.82. The third-order valence-electron chi connectivity index (χ3n) is 24.4. The minimum absolute atomic E-state index is 0.0606. The standard InChI is InChI=1S/C71H114O34/c1-27(2)18-44(75)102-60-29(4)93-45(21-38(60)88-9)103-61-30(5)94-46(22-39(61)89-10)104-62-31(6)95-68(59(87)63(62)90-11)96-33-14-16-70(7)32(19-33)12-13-34-35(70)15-17-71(8)36(34)20-37(47(71)28(3)74)97-66-57(85)54(82)50(78)42(100-66)26-92-69-64(105-67-58(86)53(81)49(77)41(24-73)99-67)55(83)51(79)43(101-69)25-91-65-56(84)52(80)48(76)40(23-72)98-65/h12,18,29-31,33-43,45-69,72-73,76-87H,13-17,19-26H2,1-11H3/t29-,30-,31-,33+,34-,35+,36+,37-,38-,39+,40-,41-,42-,43-,45+,46+,47+,48-,49-,50-,51-,52+,53+,54+,55+,56-,57-,58-,59-,60-,61-,62-,63-,64-,65-,66-,67+,68+,69-,70+,71+/m1/s1. The van der Waals surface area contributed by atoms with Crippen LogP contribution in [0.2, 0.25) is 0 Å². The molecule has 602 valence electrons. The van der Waals surface area contributed by atoms with Gasteiger partial charge in [-0.1, -0.05) is 31.1 Å². The van der Waals surface area contributed by atoms with Gasteiger partial charge in [-0.05, 0) is 115 Å². The van der Waals surface area contributed by atoms with Crippen LogP contribution >= 0.6 is 0 Å². The van der Waals surface area contributed by atoms with E-state index in [1.807, 2.05) is 13.8 Å². The molecule has 0 bridgehead atoms. The number of hydrogen-bond acceptors (Lipinski definition) is 34. The summed E-state index contributed by atoms with van der Waals surface area (Å²) in [6, 6.07) is 0. The number of hydrogen-bond donors (Lipinski definition) is 14. The minimum atomic E-state index is -2.06. The summed E-state index contributed by atoms with van der Waals surface area (Å²) in [4.78, 5) is 26.6. The Hall–Kier alpha value is -2.62. The van der Waals surface area contributed by atoms with Crippen molar-refractivity contribution in [1.29, 1.82) is 0 Å². The summed E-state index contributed by atoms with van der Waals surface area (Å²) in [7, 11) is 4.62. The van der Waals surface area contributed by atoms with Crippen LogP contribution in [0.5, 0.6) is 0 Å². The molecule has 0 aromatic heterocycles. The van der Waals surface area contributed by atoms with Gasteiger partial charge in [0.15, 0.2) is 50.1 Å². The summed E-state index contributed by atoms with van der Waals surface area (Å²) in [6.45, 7) is 11.8. The summed E-state index contributed by atoms with van der Waals surface area (Å²) in [6.07, 6.45) is -38.0. The van der Waals surface area contributed by atoms with Crippen molar-refractivity contribution < 1.29 is 166 Å². The molecule has 7 heterocycles. The molecule has 34 heteroatoms. The number of carbonyl (C=O) groups is 2. The second kappa shape index (κ2) is 34.8. The molecular formula is C71H114O34. The molecule has 11 rings (SSSR count). The van der Waals surface area contributed by atoms with Crippen molar-refractivity contribution in [2.45, 2.75) is 328 Å². The summed E-state index contributed by atoms with van der Waals surface area (Å²) < 4.78 is 110. The lowest BCUT2D eigenvalue weighted by molar-refractivity contribution is -0.378. The molecule has 10 fully saturated rings. The van der Waals surface area contributed by atoms with Crippen molar-refractivity contribution in [2.75, 3.05) is 47.8 Å². The van der Waals surface area contributed by atoms with Gasteiger partial charge in [0.2, 0.25) is 0 Å². The van der Waals surface area contributed by atoms with Crippen LogP contribution in [-0.4, -0.2) is 346 Å². The quantitative estimate of drug-likeness (QED) is 0.0258. The minimum Gasteiger partial charge on any atom is -0.454 e. The van der Waals surface area contributed by atoms with E-state index >= 15 is 0 Å². The largest absolute Gasteiger partial charge is 0.454 e. The van der Waals surface area contributed by atoms with Gasteiger partial charge in [-0.25, -0.2) is 4.79 Å². The Morgan fingerprint density at radius 1 is 0.486 bits per heavy atom. The first-order valence-corrected chi connectivity index (χ1v) is 36.9. The topological polar surface area (TPSA) is 484 Å². The van der Waals surface area contributed by atoms with Gasteiger partial charge < -0.3 is 157 Å². The zero-order valence-electron chi connectivity index (χ0n) is 61.3. The Morgan fingerprint density at radius 3 is 1.57 bits per heavy atom. The molecular weight excluding hydrogens is 1400 g/mol. The fourth-order valence-electron chi connectivity index (χ4n) is 18.7. The molecule has 11 aliphatic rings. The Morgan fingerprint density at radius 2 is 0.990 bits per heavy atom. The molecule has 34 nitrogen and oxygen atoms in total. The van der Waals surface area contributed by atoms with Gasteiger partial charge in [-0.3, -0.25) is 4.79 Å². The summed E-state index contributed by atoms with van der Waals surface area (Å²) >= 11 is 0. The molecule has 14 N–H and O–H groups in total. The molecule has 7 saturated heterocycles. The number of aliphatic hydroxyl groups is 14. The number of Topliss-reactive ketones (excluding diaryl/α,β-unsaturated/α-hetero) is 1. The van der Waals surface area contributed by atoms with E-state index in [1.54, 1.807) is 35.0 Å². The van der Waals surface area contributed by atoms with Gasteiger partial charge in [0.1, 0.15) is 134 Å². The maximum atomic E-state index is 14.1. The van der Waals surface area contributed by atoms with Crippen LogP contribution < -0.4 is 0 Å². The van der Waals surface area contributed by atoms with Crippen molar-refractivity contribution in [2.24, 2.45) is 34.5 Å². The molecule has 7 aliphatic heterocycles. The third-order valence-corrected chi connectivity index (χ3v) is 24.4. The Kier molecular flexibility index (Phi) is 27.6. The number of ketones is 1. The van der Waals surface area contributed by atoms with E-state index in [1.165, 1.54) is 25.7 Å². The van der Waals surface area contributed by atoms with E-state index in [-0.39, 0.29) is 47.9 Å². The van der Waals surface area contributed by atoms with Gasteiger partial charge in [0, 0.05) is 46.2 Å². The monoisotopic (exact) mass is 1510 g/mol. The van der Waals surface area contributed by atoms with Crippen LogP contribution in [0.25, 0.3) is 0 Å². The number of aliphatic hydroxyl groups excluding tert-OH is 14. The highest BCUT2D eigenvalue weighted by atomic mass is 16.8. The molecule has 0 radical (unpaired) electrons. The number of rotatable bonds is 24. The van der Waals surface area contributed by atoms with E-state index in [2.05, 4.69) is 19.9 Å². The number of carbonyl (C=O) groups excluding carboxylic acids is 2. The molecule has 3 saturated carbocycles. The van der Waals surface area contributed by atoms with E-state index in [0.717, 1.165) is 18.4 Å². The highest BCUT2D eigenvalue weighted by Crippen LogP contribution is 2.67. The first-order valence-electron chi connectivity index (χ1n) is 36.9. The fraction of sp³-hybridized carbons (Fsp3) is 0.915. The maximum Gasteiger partial charge on any atom is 0.331 e. The van der Waals surface area contributed by atoms with Crippen molar-refractivity contribution in [1.82, 2.24) is 0 Å². The predicted molar refractivity (Wildman–Crippen MR) is 352 cm³/mol. The highest BCUT2D eigenvalue weighted by Gasteiger charge is 2.64. The van der Waals surface area contributed by atoms with Crippen LogP contribution in [0.1, 0.15) is 113 Å². The van der Waals surface area contributed by atoms with Crippen LogP contribution in [0.3, 0.4) is 0 Å². The van der Waals surface area contributed by atoms with Crippen LogP contribution in [0.15, 0.2) is 23.3 Å². The van der Waals surface area contributed by atoms with Crippen LogP contribution in [0, 0.1) is 34.5 Å². The average Bonchev–Trinajstić information content (AvgIpc) is 1.61. The van der Waals surface area contributed by atoms with Gasteiger partial charge in [0.05, 0.1) is 63.1 Å². The van der Waals surface area contributed by atoms with E-state index < -0.39 is 253 Å². The lowest BCUT2D eigenvalue weighted by Crippen LogP contribution is -2.65. The normalized spacial score (nSPS) is 50.9. The Bertz CT molecular complexity index is 2910. The molecule has 41 atom stereocenters. The lowest BCUT2D eigenvalue weighted by atomic mass is 9.47. The van der Waals surface area contributed by atoms with Gasteiger partial charge >= 0.3 is 5.97 Å². The number of esters is 1. The maximum absolute atomic E-state index is 14.1. The number of fused-ring (bicyclic) bond motifs is 5. The number of methoxy groups -OCH3 is 3. The van der Waals surface area contributed by atoms with Crippen LogP contribution in [-0.2, 0) is 94.9 Å². The first-order chi connectivity index (χ1) is 49.8. The summed E-state index contributed by atoms with van der Waals surface area (Å²) in [5.74, 6) is -1.10. The second-order valence-corrected chi connectivity index (χ2v) is 31.3. The second-order valence-electron chi connectivity index (χ2n) is 31.3. The molecule has 0 spiro atoms. The lowest BCUT2D eigenvalue weighted by Gasteiger charge is -2.58. The summed E-state index contributed by atoms with van der Waals surface area (Å²) in [5, 5.41) is 153. The third kappa shape index (κ3) is 17.0. The van der Waals surface area contributed by atoms with Crippen molar-refractivity contribution in [3.05, 3.63) is 23.3 Å². The molecule has 0 aromatic carbocycles. The predicted octanol–water partition coefficient (Wildman–Crippen LogP) is -3.12. The zero-order valence-corrected chi connectivity index (χ0v) is 61.3. The molecule has 0 aromatic rings. The molecule has 105 heavy (non-hydrogen) atoms. The zero-order chi connectivity index (χ0) is 76.2. The molecule has 4 aliphatic carbocycles. The summed E-state index contributed by atoms with van der Waals surface area (Å²) in [5.41, 5.74) is 1.20. The van der Waals surface area contributed by atoms with Crippen molar-refractivity contribution in [3.8, 4) is 0 Å². The van der Waals surface area contributed by atoms with Gasteiger partial charge in [0.25, 0.3) is 0 Å². The van der Waals surface area contributed by atoms with E-state index in [0.29, 0.717) is 32.1 Å². The van der Waals surface area contributed by atoms with E-state index in [4.69, 9.17) is 85.3 Å².